The van der Waals surface area contributed by atoms with E-state index in [1.54, 1.807) is 22.3 Å². The van der Waals surface area contributed by atoms with Crippen LogP contribution in [-0.2, 0) is 29.5 Å². The number of halogens is 2. The Bertz CT molecular complexity index is 910. The fourth-order valence-corrected chi connectivity index (χ4v) is 13.5. The molecule has 2 fully saturated rings. The number of hydrogen-bond acceptors (Lipinski definition) is 0. The topological polar surface area (TPSA) is 0 Å². The molecule has 2 saturated heterocycles. The van der Waals surface area contributed by atoms with Crippen molar-refractivity contribution in [2.75, 3.05) is 0 Å². The van der Waals surface area contributed by atoms with Crippen LogP contribution in [-0.4, -0.2) is 0 Å². The van der Waals surface area contributed by atoms with Crippen molar-refractivity contribution in [1.29, 1.82) is 0 Å². The third kappa shape index (κ3) is 1.91. The van der Waals surface area contributed by atoms with Crippen LogP contribution in [0.1, 0.15) is 48.9 Å². The summed E-state index contributed by atoms with van der Waals surface area (Å²) in [6, 6.07) is 18.5. The Labute approximate surface area is 179 Å². The Morgan fingerprint density at radius 3 is 1.58 bits per heavy atom. The first-order valence-electron chi connectivity index (χ1n) is 9.02. The quantitative estimate of drug-likeness (QED) is 0.499. The van der Waals surface area contributed by atoms with Crippen LogP contribution in [0.2, 0.25) is 0 Å². The Hall–Kier alpha value is -0.617. The first-order chi connectivity index (χ1) is 11.6. The molecule has 0 amide bonds. The summed E-state index contributed by atoms with van der Waals surface area (Å²) in [6.45, 7) is 4.99. The molecule has 2 aliphatic heterocycles. The first-order valence-corrected chi connectivity index (χ1v) is 11.5. The van der Waals surface area contributed by atoms with Gasteiger partial charge in [-0.3, -0.25) is 0 Å². The van der Waals surface area contributed by atoms with Crippen molar-refractivity contribution in [1.82, 2.24) is 0 Å². The van der Waals surface area contributed by atoms with Crippen molar-refractivity contribution in [3.8, 4) is 0 Å². The number of fused-ring (bicyclic) bond motifs is 2. The van der Waals surface area contributed by atoms with Crippen LogP contribution in [0.15, 0.2) is 59.7 Å². The molecule has 3 heteroatoms. The van der Waals surface area contributed by atoms with Gasteiger partial charge in [0.15, 0.2) is 0 Å². The fourth-order valence-electron chi connectivity index (χ4n) is 6.12. The second kappa shape index (κ2) is 5.70. The molecular formula is C23H20Cl2Zr. The zero-order valence-corrected chi connectivity index (χ0v) is 18.9. The molecule has 0 radical (unpaired) electrons. The summed E-state index contributed by atoms with van der Waals surface area (Å²) in [5.41, 5.74) is 10.0. The van der Waals surface area contributed by atoms with E-state index in [9.17, 15) is 0 Å². The van der Waals surface area contributed by atoms with Crippen molar-refractivity contribution in [3.05, 3.63) is 81.9 Å². The normalized spacial score (nSPS) is 30.1. The first kappa shape index (κ1) is 18.7. The van der Waals surface area contributed by atoms with Crippen molar-refractivity contribution < 1.29 is 48.0 Å². The summed E-state index contributed by atoms with van der Waals surface area (Å²) in [5.74, 6) is 0. The summed E-state index contributed by atoms with van der Waals surface area (Å²) in [6.07, 6.45) is 7.87. The Morgan fingerprint density at radius 1 is 0.692 bits per heavy atom. The maximum atomic E-state index is 2.56. The molecule has 2 spiro atoms. The SMILES string of the molecule is CC1(C)C2=Cc3ccccc3[C]23CC[C]2([Zr+2]3)C1=Cc1ccccc12.[Cl-].[Cl-]. The molecule has 130 valence electrons. The van der Waals surface area contributed by atoms with Crippen LogP contribution in [0, 0.1) is 5.41 Å². The van der Waals surface area contributed by atoms with Crippen LogP contribution in [0.4, 0.5) is 0 Å². The molecule has 2 aromatic rings. The molecule has 2 aromatic carbocycles. The van der Waals surface area contributed by atoms with E-state index >= 15 is 0 Å². The van der Waals surface area contributed by atoms with Crippen molar-refractivity contribution in [3.63, 3.8) is 0 Å². The Balaban J connectivity index is 0.000000841. The van der Waals surface area contributed by atoms with Gasteiger partial charge in [-0.25, -0.2) is 0 Å². The summed E-state index contributed by atoms with van der Waals surface area (Å²) >= 11 is -0.699. The molecule has 2 unspecified atom stereocenters. The van der Waals surface area contributed by atoms with Crippen LogP contribution >= 0.6 is 0 Å². The monoisotopic (exact) mass is 456 g/mol. The Morgan fingerprint density at radius 2 is 1.12 bits per heavy atom. The van der Waals surface area contributed by atoms with Gasteiger partial charge in [0.05, 0.1) is 0 Å². The van der Waals surface area contributed by atoms with Gasteiger partial charge >= 0.3 is 156 Å². The molecule has 2 bridgehead atoms. The second-order valence-electron chi connectivity index (χ2n) is 8.35. The van der Waals surface area contributed by atoms with E-state index in [2.05, 4.69) is 74.5 Å². The van der Waals surface area contributed by atoms with Crippen molar-refractivity contribution in [2.45, 2.75) is 32.9 Å². The summed E-state index contributed by atoms with van der Waals surface area (Å²) < 4.78 is 0.885. The molecule has 26 heavy (non-hydrogen) atoms. The van der Waals surface area contributed by atoms with Gasteiger partial charge in [0.1, 0.15) is 0 Å². The predicted octanol–water partition coefficient (Wildman–Crippen LogP) is -0.504. The molecule has 2 aliphatic carbocycles. The van der Waals surface area contributed by atoms with E-state index in [1.165, 1.54) is 24.0 Å². The molecule has 2 heterocycles. The Kier molecular flexibility index (Phi) is 4.10. The summed E-state index contributed by atoms with van der Waals surface area (Å²) in [4.78, 5) is 0. The minimum absolute atomic E-state index is 0. The van der Waals surface area contributed by atoms with Crippen LogP contribution < -0.4 is 24.8 Å². The predicted molar refractivity (Wildman–Crippen MR) is 95.2 cm³/mol. The van der Waals surface area contributed by atoms with Crippen molar-refractivity contribution in [2.24, 2.45) is 5.41 Å². The van der Waals surface area contributed by atoms with Gasteiger partial charge in [0.25, 0.3) is 0 Å². The molecule has 0 aromatic heterocycles. The van der Waals surface area contributed by atoms with Gasteiger partial charge in [-0.2, -0.15) is 0 Å². The van der Waals surface area contributed by atoms with E-state index in [0.717, 1.165) is 0 Å². The zero-order chi connectivity index (χ0) is 16.2. The molecule has 0 saturated carbocycles. The van der Waals surface area contributed by atoms with E-state index < -0.39 is 23.2 Å². The summed E-state index contributed by atoms with van der Waals surface area (Å²) in [7, 11) is 0. The van der Waals surface area contributed by atoms with E-state index in [4.69, 9.17) is 0 Å². The van der Waals surface area contributed by atoms with Gasteiger partial charge in [0, 0.05) is 0 Å². The van der Waals surface area contributed by atoms with Gasteiger partial charge in [-0.15, -0.1) is 0 Å². The van der Waals surface area contributed by atoms with Gasteiger partial charge in [-0.05, 0) is 0 Å². The molecule has 0 nitrogen and oxygen atoms in total. The van der Waals surface area contributed by atoms with Crippen LogP contribution in [0.25, 0.3) is 12.2 Å². The molecular weight excluding hydrogens is 438 g/mol. The standard InChI is InChI=1S/C23H20.2ClH.Zr/c1-23(2)21-13-15-7-3-5-9-17(15)19(21)11-12-20-18-10-6-4-8-16(18)14-22(20)23;;;/h3-10,13-14H,11-12H2,1-2H3;2*1H;/q;;;+2/p-2. The second-order valence-corrected chi connectivity index (χ2v) is 13.2. The van der Waals surface area contributed by atoms with Gasteiger partial charge in [-0.1, -0.05) is 0 Å². The average molecular weight is 459 g/mol. The van der Waals surface area contributed by atoms with E-state index in [1.807, 2.05) is 0 Å². The number of rotatable bonds is 0. The van der Waals surface area contributed by atoms with Crippen molar-refractivity contribution >= 4 is 12.2 Å². The third-order valence-corrected chi connectivity index (χ3v) is 13.0. The molecule has 2 atom stereocenters. The number of hydrogen-bond donors (Lipinski definition) is 0. The summed E-state index contributed by atoms with van der Waals surface area (Å²) in [5, 5.41) is 0. The minimum Gasteiger partial charge on any atom is -1.00 e. The molecule has 0 N–H and O–H groups in total. The minimum atomic E-state index is -0.699. The average Bonchev–Trinajstić information content (AvgIpc) is 3.23. The zero-order valence-electron chi connectivity index (χ0n) is 14.9. The maximum Gasteiger partial charge on any atom is -1.00 e. The smallest absolute Gasteiger partial charge is 1.00 e. The van der Waals surface area contributed by atoms with Crippen LogP contribution in [0.3, 0.4) is 0 Å². The van der Waals surface area contributed by atoms with Gasteiger partial charge < -0.3 is 24.8 Å². The number of benzene rings is 2. The molecule has 4 aliphatic rings. The maximum absolute atomic E-state index is 2.56. The third-order valence-electron chi connectivity index (χ3n) is 7.01. The fraction of sp³-hybridized carbons (Fsp3) is 0.304. The molecule has 6 rings (SSSR count). The number of allylic oxidation sites excluding steroid dienone is 2. The largest absolute Gasteiger partial charge is 1.00 e. The van der Waals surface area contributed by atoms with Gasteiger partial charge in [0.2, 0.25) is 0 Å². The van der Waals surface area contributed by atoms with E-state index in [-0.39, 0.29) is 30.2 Å². The van der Waals surface area contributed by atoms with Crippen LogP contribution in [0.5, 0.6) is 0 Å². The van der Waals surface area contributed by atoms with E-state index in [0.29, 0.717) is 6.25 Å².